The van der Waals surface area contributed by atoms with Crippen molar-refractivity contribution in [3.05, 3.63) is 70.6 Å². The third kappa shape index (κ3) is 3.27. The number of amides is 1. The molecule has 1 amide bonds. The molecule has 0 saturated carbocycles. The van der Waals surface area contributed by atoms with E-state index >= 15 is 0 Å². The van der Waals surface area contributed by atoms with Gasteiger partial charge in [-0.25, -0.2) is 4.98 Å². The van der Waals surface area contributed by atoms with Crippen LogP contribution in [-0.4, -0.2) is 34.6 Å². The van der Waals surface area contributed by atoms with Crippen LogP contribution in [0.2, 0.25) is 0 Å². The molecule has 0 radical (unpaired) electrons. The summed E-state index contributed by atoms with van der Waals surface area (Å²) in [6, 6.07) is 15.0. The molecule has 136 valence electrons. The molecule has 0 fully saturated rings. The summed E-state index contributed by atoms with van der Waals surface area (Å²) in [5.41, 5.74) is 1.16. The highest BCUT2D eigenvalue weighted by Crippen LogP contribution is 2.20. The summed E-state index contributed by atoms with van der Waals surface area (Å²) < 4.78 is 4.40. The summed E-state index contributed by atoms with van der Waals surface area (Å²) in [7, 11) is 1.84. The molecule has 6 nitrogen and oxygen atoms in total. The first-order valence-corrected chi connectivity index (χ1v) is 9.58. The number of aromatic nitrogens is 2. The second kappa shape index (κ2) is 7.38. The maximum Gasteiger partial charge on any atom is 0.265 e. The Morgan fingerprint density at radius 3 is 2.70 bits per heavy atom. The fourth-order valence-electron chi connectivity index (χ4n) is 3.10. The number of benzene rings is 2. The first kappa shape index (κ1) is 17.5. The Morgan fingerprint density at radius 1 is 1.15 bits per heavy atom. The number of hydrogen-bond donors (Lipinski definition) is 2. The molecule has 0 atom stereocenters. The zero-order valence-corrected chi connectivity index (χ0v) is 15.5. The minimum atomic E-state index is -0.239. The van der Waals surface area contributed by atoms with Crippen LogP contribution >= 0.6 is 11.9 Å². The summed E-state index contributed by atoms with van der Waals surface area (Å²) in [5.74, 6) is 0.506. The van der Waals surface area contributed by atoms with E-state index in [1.54, 1.807) is 18.3 Å². The molecular weight excluding hydrogens is 360 g/mol. The monoisotopic (exact) mass is 378 g/mol. The largest absolute Gasteiger partial charge is 0.351 e. The van der Waals surface area contributed by atoms with Crippen LogP contribution in [0.4, 0.5) is 0 Å². The smallest absolute Gasteiger partial charge is 0.265 e. The van der Waals surface area contributed by atoms with Crippen LogP contribution in [0, 0.1) is 0 Å². The Bertz CT molecular complexity index is 1220. The van der Waals surface area contributed by atoms with Gasteiger partial charge < -0.3 is 5.32 Å². The third-order valence-corrected chi connectivity index (χ3v) is 5.08. The molecule has 0 spiro atoms. The second-order valence-electron chi connectivity index (χ2n) is 6.06. The Kier molecular flexibility index (Phi) is 4.79. The first-order valence-electron chi connectivity index (χ1n) is 8.59. The predicted molar refractivity (Wildman–Crippen MR) is 110 cm³/mol. The van der Waals surface area contributed by atoms with E-state index in [9.17, 15) is 9.59 Å². The summed E-state index contributed by atoms with van der Waals surface area (Å²) in [6.07, 6.45) is 1.65. The number of hydrogen-bond acceptors (Lipinski definition) is 5. The van der Waals surface area contributed by atoms with Crippen molar-refractivity contribution in [2.75, 3.05) is 19.3 Å². The van der Waals surface area contributed by atoms with Crippen molar-refractivity contribution >= 4 is 45.2 Å². The normalized spacial score (nSPS) is 11.3. The SMILES string of the molecule is CNSCCNC(=O)c1cccn2c(=O)c3cc4ccccc4cc3nc12. The van der Waals surface area contributed by atoms with Crippen LogP contribution in [-0.2, 0) is 0 Å². The number of pyridine rings is 1. The molecule has 0 saturated heterocycles. The zero-order chi connectivity index (χ0) is 18.8. The van der Waals surface area contributed by atoms with Crippen molar-refractivity contribution in [3.63, 3.8) is 0 Å². The molecule has 0 bridgehead atoms. The predicted octanol–water partition coefficient (Wildman–Crippen LogP) is 2.60. The maximum absolute atomic E-state index is 13.0. The number of nitrogens with zero attached hydrogens (tertiary/aromatic N) is 2. The van der Waals surface area contributed by atoms with Crippen molar-refractivity contribution in [1.82, 2.24) is 19.4 Å². The molecule has 2 aromatic heterocycles. The van der Waals surface area contributed by atoms with Gasteiger partial charge in [-0.3, -0.25) is 18.7 Å². The minimum absolute atomic E-state index is 0.179. The average Bonchev–Trinajstić information content (AvgIpc) is 2.70. The van der Waals surface area contributed by atoms with E-state index in [-0.39, 0.29) is 11.5 Å². The third-order valence-electron chi connectivity index (χ3n) is 4.39. The molecule has 4 aromatic rings. The van der Waals surface area contributed by atoms with Crippen molar-refractivity contribution in [1.29, 1.82) is 0 Å². The van der Waals surface area contributed by atoms with Crippen molar-refractivity contribution in [2.45, 2.75) is 0 Å². The Morgan fingerprint density at radius 2 is 1.93 bits per heavy atom. The van der Waals surface area contributed by atoms with Gasteiger partial charge in [0.2, 0.25) is 0 Å². The number of nitrogens with one attached hydrogen (secondary N) is 2. The topological polar surface area (TPSA) is 75.5 Å². The Labute approximate surface area is 159 Å². The van der Waals surface area contributed by atoms with Gasteiger partial charge in [0.05, 0.1) is 16.5 Å². The lowest BCUT2D eigenvalue weighted by Gasteiger charge is -2.10. The Balaban J connectivity index is 1.85. The molecule has 7 heteroatoms. The number of carbonyl (C=O) groups excluding carboxylic acids is 1. The highest BCUT2D eigenvalue weighted by atomic mass is 32.2. The quantitative estimate of drug-likeness (QED) is 0.317. The summed E-state index contributed by atoms with van der Waals surface area (Å²) >= 11 is 1.52. The molecule has 2 heterocycles. The molecule has 4 rings (SSSR count). The van der Waals surface area contributed by atoms with Crippen LogP contribution in [0.15, 0.2) is 59.5 Å². The summed E-state index contributed by atoms with van der Waals surface area (Å²) in [4.78, 5) is 30.2. The molecule has 27 heavy (non-hydrogen) atoms. The lowest BCUT2D eigenvalue weighted by atomic mass is 10.1. The van der Waals surface area contributed by atoms with Gasteiger partial charge in [-0.2, -0.15) is 0 Å². The molecular formula is C20H18N4O2S. The molecule has 0 unspecified atom stereocenters. The van der Waals surface area contributed by atoms with Gasteiger partial charge in [-0.1, -0.05) is 36.2 Å². The van der Waals surface area contributed by atoms with E-state index in [0.717, 1.165) is 16.5 Å². The van der Waals surface area contributed by atoms with Crippen LogP contribution in [0.1, 0.15) is 10.4 Å². The fourth-order valence-corrected chi connectivity index (χ4v) is 3.51. The number of carbonyl (C=O) groups is 1. The van der Waals surface area contributed by atoms with Gasteiger partial charge in [0.15, 0.2) is 5.65 Å². The van der Waals surface area contributed by atoms with Crippen LogP contribution in [0.5, 0.6) is 0 Å². The van der Waals surface area contributed by atoms with E-state index in [2.05, 4.69) is 15.0 Å². The summed E-state index contributed by atoms with van der Waals surface area (Å²) in [6.45, 7) is 0.522. The minimum Gasteiger partial charge on any atom is -0.351 e. The fraction of sp³-hybridized carbons (Fsp3) is 0.150. The van der Waals surface area contributed by atoms with Crippen molar-refractivity contribution in [2.24, 2.45) is 0 Å². The number of fused-ring (bicyclic) bond motifs is 3. The highest BCUT2D eigenvalue weighted by Gasteiger charge is 2.14. The molecule has 2 N–H and O–H groups in total. The van der Waals surface area contributed by atoms with E-state index in [0.29, 0.717) is 28.7 Å². The van der Waals surface area contributed by atoms with E-state index < -0.39 is 0 Å². The van der Waals surface area contributed by atoms with Gasteiger partial charge >= 0.3 is 0 Å². The van der Waals surface area contributed by atoms with E-state index in [1.165, 1.54) is 16.3 Å². The zero-order valence-electron chi connectivity index (χ0n) is 14.7. The first-order chi connectivity index (χ1) is 13.2. The van der Waals surface area contributed by atoms with Crippen LogP contribution in [0.25, 0.3) is 27.3 Å². The lowest BCUT2D eigenvalue weighted by Crippen LogP contribution is -2.28. The average molecular weight is 378 g/mol. The Hall–Kier alpha value is -2.90. The van der Waals surface area contributed by atoms with Crippen LogP contribution < -0.4 is 15.6 Å². The molecule has 0 aliphatic heterocycles. The lowest BCUT2D eigenvalue weighted by molar-refractivity contribution is 0.0957. The van der Waals surface area contributed by atoms with Crippen molar-refractivity contribution in [3.8, 4) is 0 Å². The van der Waals surface area contributed by atoms with Gasteiger partial charge in [-0.05, 0) is 42.1 Å². The molecule has 2 aromatic carbocycles. The van der Waals surface area contributed by atoms with E-state index in [1.807, 2.05) is 43.4 Å². The highest BCUT2D eigenvalue weighted by molar-refractivity contribution is 7.97. The van der Waals surface area contributed by atoms with E-state index in [4.69, 9.17) is 0 Å². The second-order valence-corrected chi connectivity index (χ2v) is 7.16. The van der Waals surface area contributed by atoms with Gasteiger partial charge in [-0.15, -0.1) is 0 Å². The number of rotatable bonds is 5. The van der Waals surface area contributed by atoms with Crippen LogP contribution in [0.3, 0.4) is 0 Å². The molecule has 0 aliphatic rings. The van der Waals surface area contributed by atoms with Gasteiger partial charge in [0, 0.05) is 18.5 Å². The maximum atomic E-state index is 13.0. The van der Waals surface area contributed by atoms with Gasteiger partial charge in [0.25, 0.3) is 11.5 Å². The summed E-state index contributed by atoms with van der Waals surface area (Å²) in [5, 5.41) is 5.40. The molecule has 0 aliphatic carbocycles. The standard InChI is InChI=1S/C20H18N4O2S/c1-21-27-10-8-22-19(25)15-7-4-9-24-18(15)23-17-12-14-6-3-2-5-13(14)11-16(17)20(24)26/h2-7,9,11-12,21H,8,10H2,1H3,(H,22,25). The van der Waals surface area contributed by atoms with Gasteiger partial charge in [0.1, 0.15) is 0 Å². The van der Waals surface area contributed by atoms with Crippen molar-refractivity contribution < 1.29 is 4.79 Å².